The van der Waals surface area contributed by atoms with Crippen LogP contribution in [0.15, 0.2) is 103 Å². The van der Waals surface area contributed by atoms with Crippen LogP contribution in [0.3, 0.4) is 0 Å². The van der Waals surface area contributed by atoms with E-state index in [0.717, 1.165) is 10.3 Å². The van der Waals surface area contributed by atoms with E-state index in [9.17, 15) is 14.7 Å². The lowest BCUT2D eigenvalue weighted by molar-refractivity contribution is -0.132. The number of hydrogen-bond donors (Lipinski definition) is 1. The van der Waals surface area contributed by atoms with Gasteiger partial charge in [-0.2, -0.15) is 0 Å². The van der Waals surface area contributed by atoms with Gasteiger partial charge in [0.25, 0.3) is 5.78 Å². The van der Waals surface area contributed by atoms with Gasteiger partial charge in [-0.15, -0.1) is 0 Å². The van der Waals surface area contributed by atoms with Gasteiger partial charge in [-0.25, -0.2) is 4.98 Å². The Morgan fingerprint density at radius 3 is 2.36 bits per heavy atom. The van der Waals surface area contributed by atoms with Gasteiger partial charge in [0.15, 0.2) is 5.13 Å². The van der Waals surface area contributed by atoms with Gasteiger partial charge < -0.3 is 14.6 Å². The van der Waals surface area contributed by atoms with Crippen LogP contribution in [-0.2, 0) is 16.2 Å². The third kappa shape index (κ3) is 5.34. The molecule has 42 heavy (non-hydrogen) atoms. The lowest BCUT2D eigenvalue weighted by atomic mass is 9.95. The molecule has 0 aliphatic carbocycles. The zero-order valence-corrected chi connectivity index (χ0v) is 24.1. The number of carbonyl (C=O) groups is 2. The standard InChI is InChI=1S/C33H25ClN2O5S/c1-2-40-25-16-17-26-27(18-25)42-33(35-26)36-29(21-10-14-24(15-11-21)41-19-20-6-4-3-5-7-20)28(31(38)32(36)39)30(37)22-8-12-23(34)13-9-22/h3-18,29,37H,2,19H2,1H3/b30-28+. The van der Waals surface area contributed by atoms with Crippen molar-refractivity contribution in [2.75, 3.05) is 11.5 Å². The number of Topliss-reactive ketones (excluding diaryl/α,β-unsaturated/α-hetero) is 1. The van der Waals surface area contributed by atoms with E-state index >= 15 is 0 Å². The number of fused-ring (bicyclic) bond motifs is 1. The molecule has 1 aliphatic heterocycles. The number of halogens is 1. The maximum absolute atomic E-state index is 13.6. The van der Waals surface area contributed by atoms with Crippen LogP contribution in [0, 0.1) is 0 Å². The molecule has 2 heterocycles. The zero-order valence-electron chi connectivity index (χ0n) is 22.5. The second-order valence-electron chi connectivity index (χ2n) is 9.58. The van der Waals surface area contributed by atoms with Gasteiger partial charge in [-0.1, -0.05) is 65.4 Å². The minimum absolute atomic E-state index is 0.0328. The number of amides is 1. The molecule has 210 valence electrons. The Labute approximate surface area is 251 Å². The number of ketones is 1. The first-order valence-corrected chi connectivity index (χ1v) is 14.5. The summed E-state index contributed by atoms with van der Waals surface area (Å²) in [7, 11) is 0. The van der Waals surface area contributed by atoms with Crippen LogP contribution in [0.5, 0.6) is 11.5 Å². The number of aliphatic hydroxyl groups excluding tert-OH is 1. The number of thiazole rings is 1. The number of ether oxygens (including phenoxy) is 2. The van der Waals surface area contributed by atoms with Crippen molar-refractivity contribution in [3.8, 4) is 11.5 Å². The summed E-state index contributed by atoms with van der Waals surface area (Å²) in [6.45, 7) is 2.81. The summed E-state index contributed by atoms with van der Waals surface area (Å²) < 4.78 is 12.4. The second-order valence-corrected chi connectivity index (χ2v) is 11.0. The first kappa shape index (κ1) is 27.5. The molecular formula is C33H25ClN2O5S. The number of hydrogen-bond acceptors (Lipinski definition) is 7. The molecule has 0 saturated carbocycles. The van der Waals surface area contributed by atoms with E-state index in [1.807, 2.05) is 55.5 Å². The van der Waals surface area contributed by atoms with Gasteiger partial charge in [0.2, 0.25) is 0 Å². The summed E-state index contributed by atoms with van der Waals surface area (Å²) in [4.78, 5) is 33.2. The topological polar surface area (TPSA) is 89.0 Å². The third-order valence-electron chi connectivity index (χ3n) is 6.87. The lowest BCUT2D eigenvalue weighted by Crippen LogP contribution is -2.29. The second kappa shape index (κ2) is 11.7. The summed E-state index contributed by atoms with van der Waals surface area (Å²) in [5.41, 5.74) is 2.65. The van der Waals surface area contributed by atoms with Crippen LogP contribution in [0.4, 0.5) is 5.13 Å². The SMILES string of the molecule is CCOc1ccc2nc(N3C(=O)C(=O)/C(=C(/O)c4ccc(Cl)cc4)C3c3ccc(OCc4ccccc4)cc3)sc2c1. The fraction of sp³-hybridized carbons (Fsp3) is 0.121. The number of nitrogens with zero attached hydrogens (tertiary/aromatic N) is 2. The van der Waals surface area contributed by atoms with Crippen LogP contribution in [0.25, 0.3) is 16.0 Å². The third-order valence-corrected chi connectivity index (χ3v) is 8.14. The molecule has 1 atom stereocenters. The molecule has 0 radical (unpaired) electrons. The van der Waals surface area contributed by atoms with E-state index in [1.54, 1.807) is 48.5 Å². The van der Waals surface area contributed by atoms with Gasteiger partial charge in [-0.05, 0) is 72.6 Å². The van der Waals surface area contributed by atoms with E-state index in [4.69, 9.17) is 21.1 Å². The maximum atomic E-state index is 13.6. The maximum Gasteiger partial charge on any atom is 0.301 e. The number of aromatic nitrogens is 1. The Hall–Kier alpha value is -4.66. The van der Waals surface area contributed by atoms with Crippen molar-refractivity contribution in [1.29, 1.82) is 0 Å². The van der Waals surface area contributed by atoms with Gasteiger partial charge in [-0.3, -0.25) is 14.5 Å². The molecule has 1 aromatic heterocycles. The normalized spacial score (nSPS) is 16.2. The highest BCUT2D eigenvalue weighted by Gasteiger charge is 2.48. The highest BCUT2D eigenvalue weighted by atomic mass is 35.5. The van der Waals surface area contributed by atoms with Crippen LogP contribution in [0.1, 0.15) is 29.7 Å². The first-order chi connectivity index (χ1) is 20.4. The summed E-state index contributed by atoms with van der Waals surface area (Å²) in [6, 6.07) is 28.0. The van der Waals surface area contributed by atoms with Gasteiger partial charge >= 0.3 is 5.91 Å². The number of carbonyl (C=O) groups excluding carboxylic acids is 2. The van der Waals surface area contributed by atoms with Crippen molar-refractivity contribution >= 4 is 55.7 Å². The van der Waals surface area contributed by atoms with Gasteiger partial charge in [0.1, 0.15) is 23.9 Å². The fourth-order valence-corrected chi connectivity index (χ4v) is 5.99. The number of aliphatic hydroxyl groups is 1. The Morgan fingerprint density at radius 1 is 0.929 bits per heavy atom. The molecule has 0 spiro atoms. The van der Waals surface area contributed by atoms with E-state index in [2.05, 4.69) is 4.98 Å². The van der Waals surface area contributed by atoms with E-state index in [-0.39, 0.29) is 11.3 Å². The van der Waals surface area contributed by atoms with Crippen molar-refractivity contribution < 1.29 is 24.2 Å². The smallest absolute Gasteiger partial charge is 0.301 e. The molecule has 6 rings (SSSR count). The molecule has 7 nitrogen and oxygen atoms in total. The van der Waals surface area contributed by atoms with Gasteiger partial charge in [0, 0.05) is 10.6 Å². The van der Waals surface area contributed by atoms with Crippen molar-refractivity contribution in [1.82, 2.24) is 4.98 Å². The summed E-state index contributed by atoms with van der Waals surface area (Å²) in [5.74, 6) is -0.551. The molecule has 0 bridgehead atoms. The van der Waals surface area contributed by atoms with Crippen molar-refractivity contribution in [2.24, 2.45) is 0 Å². The van der Waals surface area contributed by atoms with Crippen molar-refractivity contribution in [3.05, 3.63) is 124 Å². The Morgan fingerprint density at radius 2 is 1.64 bits per heavy atom. The lowest BCUT2D eigenvalue weighted by Gasteiger charge is -2.23. The molecule has 1 N–H and O–H groups in total. The summed E-state index contributed by atoms with van der Waals surface area (Å²) in [6.07, 6.45) is 0. The highest BCUT2D eigenvalue weighted by Crippen LogP contribution is 2.45. The average Bonchev–Trinajstić information content (AvgIpc) is 3.54. The molecular weight excluding hydrogens is 572 g/mol. The monoisotopic (exact) mass is 596 g/mol. The minimum atomic E-state index is -0.921. The fourth-order valence-electron chi connectivity index (χ4n) is 4.85. The Kier molecular flexibility index (Phi) is 7.65. The molecule has 1 aliphatic rings. The number of rotatable bonds is 8. The Bertz CT molecular complexity index is 1800. The van der Waals surface area contributed by atoms with Crippen molar-refractivity contribution in [2.45, 2.75) is 19.6 Å². The van der Waals surface area contributed by atoms with Crippen LogP contribution >= 0.6 is 22.9 Å². The molecule has 4 aromatic carbocycles. The van der Waals surface area contributed by atoms with E-state index in [1.165, 1.54) is 16.2 Å². The van der Waals surface area contributed by atoms with Crippen LogP contribution < -0.4 is 14.4 Å². The quantitative estimate of drug-likeness (QED) is 0.113. The van der Waals surface area contributed by atoms with Gasteiger partial charge in [0.05, 0.1) is 28.4 Å². The average molecular weight is 597 g/mol. The van der Waals surface area contributed by atoms with E-state index < -0.39 is 17.7 Å². The molecule has 1 fully saturated rings. The van der Waals surface area contributed by atoms with Crippen molar-refractivity contribution in [3.63, 3.8) is 0 Å². The first-order valence-electron chi connectivity index (χ1n) is 13.3. The Balaban J connectivity index is 1.42. The predicted molar refractivity (Wildman–Crippen MR) is 164 cm³/mol. The van der Waals surface area contributed by atoms with E-state index in [0.29, 0.717) is 51.5 Å². The molecule has 1 amide bonds. The molecule has 5 aromatic rings. The zero-order chi connectivity index (χ0) is 29.2. The number of benzene rings is 4. The minimum Gasteiger partial charge on any atom is -0.507 e. The van der Waals surface area contributed by atoms with Crippen LogP contribution in [-0.4, -0.2) is 28.4 Å². The largest absolute Gasteiger partial charge is 0.507 e. The predicted octanol–water partition coefficient (Wildman–Crippen LogP) is 7.55. The highest BCUT2D eigenvalue weighted by molar-refractivity contribution is 7.22. The molecule has 1 unspecified atom stereocenters. The number of anilines is 1. The molecule has 9 heteroatoms. The summed E-state index contributed by atoms with van der Waals surface area (Å²) >= 11 is 7.32. The molecule has 1 saturated heterocycles. The summed E-state index contributed by atoms with van der Waals surface area (Å²) in [5, 5.41) is 12.2. The van der Waals surface area contributed by atoms with Crippen LogP contribution in [0.2, 0.25) is 5.02 Å².